The highest BCUT2D eigenvalue weighted by Gasteiger charge is 2.33. The number of alkyl halides is 1. The molecule has 36 heavy (non-hydrogen) atoms. The van der Waals surface area contributed by atoms with Gasteiger partial charge in [0.2, 0.25) is 0 Å². The lowest BCUT2D eigenvalue weighted by molar-refractivity contribution is -0.0592. The van der Waals surface area contributed by atoms with E-state index in [4.69, 9.17) is 14.5 Å². The molecule has 5 heterocycles. The quantitative estimate of drug-likeness (QED) is 0.425. The van der Waals surface area contributed by atoms with Crippen LogP contribution in [0.3, 0.4) is 0 Å². The van der Waals surface area contributed by atoms with Gasteiger partial charge in [0.05, 0.1) is 30.6 Å². The summed E-state index contributed by atoms with van der Waals surface area (Å²) in [6.45, 7) is 1.17. The van der Waals surface area contributed by atoms with E-state index in [2.05, 4.69) is 31.5 Å². The Morgan fingerprint density at radius 1 is 1.28 bits per heavy atom. The first-order valence-corrected chi connectivity index (χ1v) is 12.2. The van der Waals surface area contributed by atoms with E-state index in [-0.39, 0.29) is 18.1 Å². The van der Waals surface area contributed by atoms with E-state index in [0.29, 0.717) is 48.8 Å². The van der Waals surface area contributed by atoms with Gasteiger partial charge < -0.3 is 24.7 Å². The fourth-order valence-electron chi connectivity index (χ4n) is 5.09. The Morgan fingerprint density at radius 3 is 2.92 bits per heavy atom. The third-order valence-corrected chi connectivity index (χ3v) is 7.27. The summed E-state index contributed by atoms with van der Waals surface area (Å²) in [6, 6.07) is 5.42. The SMILES string of the molecule is CNc1cc(-c2cn([C@@H]3CCOC[C@@H]3OC)c3ncccc23)nc2c(C(=O)NC3CC[C@H]3F)cnn12. The van der Waals surface area contributed by atoms with E-state index in [9.17, 15) is 9.18 Å². The Kier molecular flexibility index (Phi) is 5.81. The standard InChI is InChI=1S/C25H28FN7O3/c1-27-22-10-19(30-24-15(11-29-33(22)24)25(34)31-18-6-5-17(18)26)16-12-32(23-14(16)4-3-8-28-23)20-7-9-36-13-21(20)35-2/h3-4,8,10-12,17-18,20-21,27H,5-7,9,13H2,1-2H3,(H,31,34)/t17-,18?,20-,21+/m1/s1. The third kappa shape index (κ3) is 3.70. The highest BCUT2D eigenvalue weighted by molar-refractivity contribution is 6.01. The Morgan fingerprint density at radius 2 is 2.17 bits per heavy atom. The van der Waals surface area contributed by atoms with Crippen molar-refractivity contribution in [2.75, 3.05) is 32.7 Å². The second-order valence-electron chi connectivity index (χ2n) is 9.27. The molecule has 0 radical (unpaired) electrons. The van der Waals surface area contributed by atoms with E-state index in [1.807, 2.05) is 18.2 Å². The largest absolute Gasteiger partial charge is 0.379 e. The van der Waals surface area contributed by atoms with Gasteiger partial charge in [-0.1, -0.05) is 0 Å². The molecule has 2 aliphatic rings. The minimum absolute atomic E-state index is 0.0647. The normalized spacial score (nSPS) is 24.1. The van der Waals surface area contributed by atoms with Gasteiger partial charge in [0.25, 0.3) is 5.91 Å². The molecule has 0 aromatic carbocycles. The molecule has 0 bridgehead atoms. The number of carbonyl (C=O) groups is 1. The van der Waals surface area contributed by atoms with Gasteiger partial charge in [0, 0.05) is 50.2 Å². The number of halogens is 1. The lowest BCUT2D eigenvalue weighted by atomic mass is 9.90. The number of anilines is 1. The topological polar surface area (TPSA) is 108 Å². The number of aromatic nitrogens is 5. The molecule has 6 rings (SSSR count). The fourth-order valence-corrected chi connectivity index (χ4v) is 5.09. The number of hydrogen-bond donors (Lipinski definition) is 2. The number of nitrogens with zero attached hydrogens (tertiary/aromatic N) is 5. The number of rotatable bonds is 6. The summed E-state index contributed by atoms with van der Waals surface area (Å²) < 4.78 is 28.9. The summed E-state index contributed by atoms with van der Waals surface area (Å²) in [4.78, 5) is 22.5. The lowest BCUT2D eigenvalue weighted by Gasteiger charge is -2.31. The van der Waals surface area contributed by atoms with Crippen LogP contribution >= 0.6 is 0 Å². The molecule has 2 N–H and O–H groups in total. The molecule has 4 atom stereocenters. The molecule has 1 unspecified atom stereocenters. The van der Waals surface area contributed by atoms with Crippen LogP contribution in [0, 0.1) is 0 Å². The maximum absolute atomic E-state index is 13.8. The van der Waals surface area contributed by atoms with Gasteiger partial charge in [-0.25, -0.2) is 14.4 Å². The summed E-state index contributed by atoms with van der Waals surface area (Å²) in [5.41, 5.74) is 3.09. The molecular weight excluding hydrogens is 465 g/mol. The van der Waals surface area contributed by atoms with Crippen LogP contribution in [0.1, 0.15) is 35.7 Å². The number of pyridine rings is 1. The predicted molar refractivity (Wildman–Crippen MR) is 132 cm³/mol. The Balaban J connectivity index is 1.47. The van der Waals surface area contributed by atoms with Gasteiger partial charge in [0.15, 0.2) is 5.65 Å². The van der Waals surface area contributed by atoms with Crippen LogP contribution < -0.4 is 10.6 Å². The van der Waals surface area contributed by atoms with Gasteiger partial charge in [0.1, 0.15) is 29.3 Å². The van der Waals surface area contributed by atoms with Crippen LogP contribution in [0.25, 0.3) is 27.9 Å². The molecule has 4 aromatic heterocycles. The fraction of sp³-hybridized carbons (Fsp3) is 0.440. The zero-order valence-electron chi connectivity index (χ0n) is 20.1. The van der Waals surface area contributed by atoms with Crippen LogP contribution in [-0.2, 0) is 9.47 Å². The van der Waals surface area contributed by atoms with Crippen molar-refractivity contribution in [3.63, 3.8) is 0 Å². The summed E-state index contributed by atoms with van der Waals surface area (Å²) in [6.07, 6.45) is 6.11. The van der Waals surface area contributed by atoms with Gasteiger partial charge in [-0.15, -0.1) is 0 Å². The molecule has 0 spiro atoms. The number of methoxy groups -OCH3 is 1. The first-order chi connectivity index (χ1) is 17.6. The zero-order valence-corrected chi connectivity index (χ0v) is 20.1. The zero-order chi connectivity index (χ0) is 24.8. The molecule has 4 aromatic rings. The smallest absolute Gasteiger partial charge is 0.257 e. The van der Waals surface area contributed by atoms with Crippen LogP contribution in [-0.4, -0.2) is 75.7 Å². The number of amides is 1. The van der Waals surface area contributed by atoms with Crippen LogP contribution in [0.2, 0.25) is 0 Å². The third-order valence-electron chi connectivity index (χ3n) is 7.27. The van der Waals surface area contributed by atoms with Crippen LogP contribution in [0.5, 0.6) is 0 Å². The summed E-state index contributed by atoms with van der Waals surface area (Å²) >= 11 is 0. The molecule has 1 amide bonds. The number of carbonyl (C=O) groups excluding carboxylic acids is 1. The summed E-state index contributed by atoms with van der Waals surface area (Å²) in [5.74, 6) is 0.296. The minimum atomic E-state index is -1.01. The second kappa shape index (κ2) is 9.14. The maximum atomic E-state index is 13.8. The average Bonchev–Trinajstić information content (AvgIpc) is 3.52. The van der Waals surface area contributed by atoms with E-state index in [0.717, 1.165) is 23.0 Å². The van der Waals surface area contributed by atoms with Gasteiger partial charge >= 0.3 is 0 Å². The molecule has 1 saturated heterocycles. The van der Waals surface area contributed by atoms with Gasteiger partial charge in [-0.2, -0.15) is 9.61 Å². The molecule has 11 heteroatoms. The van der Waals surface area contributed by atoms with E-state index in [1.165, 1.54) is 6.20 Å². The predicted octanol–water partition coefficient (Wildman–Crippen LogP) is 2.99. The van der Waals surface area contributed by atoms with Crippen molar-refractivity contribution in [2.45, 2.75) is 43.6 Å². The number of nitrogens with one attached hydrogen (secondary N) is 2. The molecule has 1 aliphatic heterocycles. The van der Waals surface area contributed by atoms with Crippen molar-refractivity contribution >= 4 is 28.4 Å². The van der Waals surface area contributed by atoms with E-state index >= 15 is 0 Å². The first kappa shape index (κ1) is 22.9. The average molecular weight is 494 g/mol. The van der Waals surface area contributed by atoms with Crippen molar-refractivity contribution in [3.05, 3.63) is 42.4 Å². The van der Waals surface area contributed by atoms with Gasteiger partial charge in [-0.05, 0) is 31.4 Å². The summed E-state index contributed by atoms with van der Waals surface area (Å²) in [7, 11) is 3.49. The number of fused-ring (bicyclic) bond motifs is 2. The van der Waals surface area contributed by atoms with Crippen LogP contribution in [0.4, 0.5) is 10.2 Å². The van der Waals surface area contributed by atoms with Crippen molar-refractivity contribution in [3.8, 4) is 11.3 Å². The number of hydrogen-bond acceptors (Lipinski definition) is 7. The molecule has 10 nitrogen and oxygen atoms in total. The lowest BCUT2D eigenvalue weighted by Crippen LogP contribution is -2.48. The maximum Gasteiger partial charge on any atom is 0.257 e. The summed E-state index contributed by atoms with van der Waals surface area (Å²) in [5, 5.41) is 11.2. The van der Waals surface area contributed by atoms with Crippen molar-refractivity contribution < 1.29 is 18.7 Å². The molecule has 2 fully saturated rings. The van der Waals surface area contributed by atoms with Crippen LogP contribution in [0.15, 0.2) is 36.8 Å². The van der Waals surface area contributed by atoms with Crippen molar-refractivity contribution in [1.82, 2.24) is 29.5 Å². The molecule has 1 saturated carbocycles. The van der Waals surface area contributed by atoms with E-state index < -0.39 is 12.2 Å². The van der Waals surface area contributed by atoms with Crippen molar-refractivity contribution in [1.29, 1.82) is 0 Å². The number of ether oxygens (including phenoxy) is 2. The molecule has 1 aliphatic carbocycles. The Hall–Kier alpha value is -3.57. The highest BCUT2D eigenvalue weighted by Crippen LogP contribution is 2.35. The minimum Gasteiger partial charge on any atom is -0.379 e. The van der Waals surface area contributed by atoms with E-state index in [1.54, 1.807) is 24.9 Å². The Bertz CT molecular complexity index is 1430. The second-order valence-corrected chi connectivity index (χ2v) is 9.27. The Labute approximate surface area is 206 Å². The highest BCUT2D eigenvalue weighted by atomic mass is 19.1. The van der Waals surface area contributed by atoms with Gasteiger partial charge in [-0.3, -0.25) is 4.79 Å². The molecular formula is C25H28FN7O3. The monoisotopic (exact) mass is 493 g/mol. The first-order valence-electron chi connectivity index (χ1n) is 12.2. The van der Waals surface area contributed by atoms with Crippen molar-refractivity contribution in [2.24, 2.45) is 0 Å². The molecule has 188 valence electrons.